The number of nitrogens with zero attached hydrogens (tertiary/aromatic N) is 2. The summed E-state index contributed by atoms with van der Waals surface area (Å²) in [4.78, 5) is 19.7. The predicted molar refractivity (Wildman–Crippen MR) is 162 cm³/mol. The molecule has 1 aromatic carbocycles. The Bertz CT molecular complexity index is 1250. The fraction of sp³-hybridized carbons (Fsp3) is 0.647. The van der Waals surface area contributed by atoms with Crippen LogP contribution in [0, 0.1) is 0 Å². The van der Waals surface area contributed by atoms with Crippen LogP contribution in [0.1, 0.15) is 98.2 Å². The number of carbonyl (C=O) groups is 1. The Hall–Kier alpha value is -2.52. The molecule has 5 atom stereocenters. The first-order chi connectivity index (χ1) is 20.4. The molecule has 4 heterocycles. The van der Waals surface area contributed by atoms with Gasteiger partial charge in [0.05, 0.1) is 19.3 Å². The lowest BCUT2D eigenvalue weighted by molar-refractivity contribution is -0.147. The van der Waals surface area contributed by atoms with Gasteiger partial charge < -0.3 is 24.6 Å². The quantitative estimate of drug-likeness (QED) is 0.353. The maximum atomic E-state index is 12.8. The number of pyridine rings is 1. The molecule has 8 heteroatoms. The van der Waals surface area contributed by atoms with Crippen molar-refractivity contribution < 1.29 is 24.1 Å². The number of anilines is 1. The molecule has 42 heavy (non-hydrogen) atoms. The first-order valence-corrected chi connectivity index (χ1v) is 16.1. The molecule has 6 rings (SSSR count). The minimum Gasteiger partial charge on any atom is -0.480 e. The van der Waals surface area contributed by atoms with Gasteiger partial charge in [-0.2, -0.15) is 0 Å². The molecule has 2 fully saturated rings. The Labute approximate surface area is 250 Å². The molecule has 1 spiro atoms. The van der Waals surface area contributed by atoms with E-state index in [9.17, 15) is 9.90 Å². The third-order valence-corrected chi connectivity index (χ3v) is 9.94. The van der Waals surface area contributed by atoms with Gasteiger partial charge in [0.1, 0.15) is 17.5 Å². The van der Waals surface area contributed by atoms with Crippen LogP contribution in [-0.2, 0) is 37.4 Å². The summed E-state index contributed by atoms with van der Waals surface area (Å²) in [6.07, 6.45) is 10.1. The molecule has 1 saturated carbocycles. The second-order valence-corrected chi connectivity index (χ2v) is 12.8. The van der Waals surface area contributed by atoms with Crippen LogP contribution in [0.5, 0.6) is 0 Å². The highest BCUT2D eigenvalue weighted by atomic mass is 16.5. The van der Waals surface area contributed by atoms with Crippen LogP contribution < -0.4 is 5.32 Å². The molecule has 8 nitrogen and oxygen atoms in total. The lowest BCUT2D eigenvalue weighted by Gasteiger charge is -2.45. The number of hydrogen-bond donors (Lipinski definition) is 2. The van der Waals surface area contributed by atoms with E-state index in [1.807, 2.05) is 19.2 Å². The van der Waals surface area contributed by atoms with Crippen molar-refractivity contribution in [1.82, 2.24) is 9.88 Å². The summed E-state index contributed by atoms with van der Waals surface area (Å²) in [6.45, 7) is 5.77. The van der Waals surface area contributed by atoms with E-state index in [0.29, 0.717) is 13.2 Å². The zero-order valence-corrected chi connectivity index (χ0v) is 25.3. The van der Waals surface area contributed by atoms with Crippen LogP contribution in [0.2, 0.25) is 0 Å². The number of fused-ring (bicyclic) bond motifs is 3. The lowest BCUT2D eigenvalue weighted by atomic mass is 9.76. The van der Waals surface area contributed by atoms with Gasteiger partial charge in [-0.3, -0.25) is 9.69 Å². The number of aryl methyl sites for hydroxylation is 2. The number of nitrogens with one attached hydrogen (secondary N) is 1. The summed E-state index contributed by atoms with van der Waals surface area (Å²) in [5.41, 5.74) is 5.18. The molecule has 0 bridgehead atoms. The number of aromatic nitrogens is 1. The molecule has 1 aliphatic carbocycles. The third kappa shape index (κ3) is 6.09. The highest BCUT2D eigenvalue weighted by Gasteiger charge is 2.45. The van der Waals surface area contributed by atoms with E-state index in [1.165, 1.54) is 12.0 Å². The first-order valence-electron chi connectivity index (χ1n) is 16.1. The number of ether oxygens (including phenoxy) is 3. The number of rotatable bonds is 10. The molecular formula is C34H47N3O5. The number of hydrogen-bond acceptors (Lipinski definition) is 7. The van der Waals surface area contributed by atoms with Crippen LogP contribution in [0.25, 0.3) is 0 Å². The number of carboxylic acid groups (broad SMARTS) is 1. The van der Waals surface area contributed by atoms with E-state index in [4.69, 9.17) is 19.2 Å². The normalized spacial score (nSPS) is 27.8. The highest BCUT2D eigenvalue weighted by Crippen LogP contribution is 2.46. The number of carboxylic acids is 1. The van der Waals surface area contributed by atoms with E-state index < -0.39 is 17.6 Å². The molecule has 1 aromatic heterocycles. The van der Waals surface area contributed by atoms with E-state index in [2.05, 4.69) is 35.3 Å². The highest BCUT2D eigenvalue weighted by molar-refractivity contribution is 5.76. The van der Waals surface area contributed by atoms with E-state index in [0.717, 1.165) is 106 Å². The largest absolute Gasteiger partial charge is 0.480 e. The van der Waals surface area contributed by atoms with Crippen LogP contribution in [-0.4, -0.2) is 73.1 Å². The monoisotopic (exact) mass is 577 g/mol. The molecule has 1 saturated heterocycles. The van der Waals surface area contributed by atoms with Crippen molar-refractivity contribution >= 4 is 11.8 Å². The maximum absolute atomic E-state index is 12.8. The molecule has 0 unspecified atom stereocenters. The summed E-state index contributed by atoms with van der Waals surface area (Å²) in [5, 5.41) is 14.0. The number of unbranched alkanes of at least 4 members (excludes halogenated alkanes) is 1. The average Bonchev–Trinajstić information content (AvgIpc) is 3.48. The second-order valence-electron chi connectivity index (χ2n) is 12.8. The third-order valence-electron chi connectivity index (χ3n) is 9.94. The van der Waals surface area contributed by atoms with Gasteiger partial charge in [-0.05, 0) is 99.6 Å². The number of aliphatic carboxylic acids is 1. The average molecular weight is 578 g/mol. The summed E-state index contributed by atoms with van der Waals surface area (Å²) in [7, 11) is 1.98. The molecule has 2 aromatic rings. The summed E-state index contributed by atoms with van der Waals surface area (Å²) < 4.78 is 18.6. The molecule has 0 amide bonds. The number of likely N-dealkylation sites (N-methyl/N-ethyl adjacent to an activating group) is 1. The first kappa shape index (κ1) is 29.5. The predicted octanol–water partition coefficient (Wildman–Crippen LogP) is 5.60. The van der Waals surface area contributed by atoms with Crippen molar-refractivity contribution in [3.63, 3.8) is 0 Å². The second kappa shape index (κ2) is 13.0. The van der Waals surface area contributed by atoms with Gasteiger partial charge in [-0.25, -0.2) is 4.98 Å². The molecule has 0 radical (unpaired) electrons. The zero-order chi connectivity index (χ0) is 29.1. The van der Waals surface area contributed by atoms with Gasteiger partial charge in [0.15, 0.2) is 0 Å². The van der Waals surface area contributed by atoms with Gasteiger partial charge in [-0.15, -0.1) is 0 Å². The van der Waals surface area contributed by atoms with Crippen molar-refractivity contribution in [3.8, 4) is 0 Å². The smallest absolute Gasteiger partial charge is 0.325 e. The van der Waals surface area contributed by atoms with E-state index >= 15 is 0 Å². The Morgan fingerprint density at radius 2 is 2.14 bits per heavy atom. The Morgan fingerprint density at radius 3 is 2.98 bits per heavy atom. The standard InChI is InChI=1S/C34H47N3O5/c1-23-21-42-34(16-7-18-40-22-34)29-11-5-10-28(30(23)29)31(33(38)39)37(2)26-14-15-27(20-26)41-19-4-3-9-25-13-12-24-8-6-17-35-32(24)36-25/h5,10-13,23,26-27,31H,3-4,6-9,14-22H2,1-2H3,(H,35,36)(H,38,39)/t23-,26+,27+,31-,34-/m1/s1. The van der Waals surface area contributed by atoms with Gasteiger partial charge >= 0.3 is 5.97 Å². The van der Waals surface area contributed by atoms with Crippen LogP contribution >= 0.6 is 0 Å². The van der Waals surface area contributed by atoms with Crippen LogP contribution in [0.4, 0.5) is 5.82 Å². The molecule has 2 N–H and O–H groups in total. The minimum atomic E-state index is -0.797. The Balaban J connectivity index is 1.05. The molecule has 4 aliphatic rings. The molecular weight excluding hydrogens is 530 g/mol. The minimum absolute atomic E-state index is 0.131. The van der Waals surface area contributed by atoms with E-state index in [-0.39, 0.29) is 18.1 Å². The lowest BCUT2D eigenvalue weighted by Crippen LogP contribution is -2.45. The van der Waals surface area contributed by atoms with Gasteiger partial charge in [0.2, 0.25) is 0 Å². The van der Waals surface area contributed by atoms with Crippen molar-refractivity contribution in [1.29, 1.82) is 0 Å². The van der Waals surface area contributed by atoms with Crippen LogP contribution in [0.15, 0.2) is 30.3 Å². The SMILES string of the molecule is C[C@@H]1CO[C@@]2(CCCOC2)c2cccc([C@H](C(=O)O)N(C)[C@H]3CC[C@H](OCCCCc4ccc5c(n4)NCCC5)C3)c21. The molecule has 3 aliphatic heterocycles. The van der Waals surface area contributed by atoms with Crippen molar-refractivity contribution in [3.05, 3.63) is 58.3 Å². The van der Waals surface area contributed by atoms with Crippen LogP contribution in [0.3, 0.4) is 0 Å². The number of benzene rings is 1. The van der Waals surface area contributed by atoms with Gasteiger partial charge in [-0.1, -0.05) is 31.2 Å². The summed E-state index contributed by atoms with van der Waals surface area (Å²) in [6, 6.07) is 10.0. The van der Waals surface area contributed by atoms with Crippen molar-refractivity contribution in [2.45, 2.75) is 101 Å². The zero-order valence-electron chi connectivity index (χ0n) is 25.3. The fourth-order valence-electron chi connectivity index (χ4n) is 7.65. The van der Waals surface area contributed by atoms with Gasteiger partial charge in [0.25, 0.3) is 0 Å². The topological polar surface area (TPSA) is 93.2 Å². The summed E-state index contributed by atoms with van der Waals surface area (Å²) >= 11 is 0. The van der Waals surface area contributed by atoms with Crippen molar-refractivity contribution in [2.75, 3.05) is 45.3 Å². The summed E-state index contributed by atoms with van der Waals surface area (Å²) in [5.74, 6) is 0.400. The fourth-order valence-corrected chi connectivity index (χ4v) is 7.65. The maximum Gasteiger partial charge on any atom is 0.325 e. The van der Waals surface area contributed by atoms with E-state index in [1.54, 1.807) is 0 Å². The Kier molecular flexibility index (Phi) is 9.15. The van der Waals surface area contributed by atoms with Gasteiger partial charge in [0, 0.05) is 37.4 Å². The van der Waals surface area contributed by atoms with Crippen molar-refractivity contribution in [2.24, 2.45) is 0 Å². The Morgan fingerprint density at radius 1 is 1.24 bits per heavy atom. The molecule has 228 valence electrons.